The smallest absolute Gasteiger partial charge is 0.410 e. The Balaban J connectivity index is 2.50. The zero-order valence-corrected chi connectivity index (χ0v) is 12.8. The van der Waals surface area contributed by atoms with Crippen molar-refractivity contribution in [3.05, 3.63) is 12.2 Å². The van der Waals surface area contributed by atoms with E-state index in [9.17, 15) is 9.59 Å². The van der Waals surface area contributed by atoms with Crippen LogP contribution in [0.1, 0.15) is 40.5 Å². The molecule has 1 heterocycles. The lowest BCUT2D eigenvalue weighted by atomic mass is 9.98. The van der Waals surface area contributed by atoms with E-state index >= 15 is 0 Å². The van der Waals surface area contributed by atoms with Gasteiger partial charge in [-0.15, -0.1) is 0 Å². The van der Waals surface area contributed by atoms with Crippen LogP contribution in [0.5, 0.6) is 0 Å². The molecule has 0 aromatic carbocycles. The van der Waals surface area contributed by atoms with Crippen LogP contribution in [0.15, 0.2) is 12.2 Å². The maximum Gasteiger partial charge on any atom is 0.410 e. The molecular weight excluding hydrogens is 258 g/mol. The maximum absolute atomic E-state index is 12.0. The highest BCUT2D eigenvalue weighted by molar-refractivity contribution is 5.81. The van der Waals surface area contributed by atoms with E-state index in [1.165, 1.54) is 6.08 Å². The summed E-state index contributed by atoms with van der Waals surface area (Å²) in [6, 6.07) is 0. The number of esters is 1. The molecule has 5 nitrogen and oxygen atoms in total. The van der Waals surface area contributed by atoms with Crippen molar-refractivity contribution in [2.45, 2.75) is 46.1 Å². The molecule has 1 amide bonds. The second-order valence-corrected chi connectivity index (χ2v) is 5.94. The highest BCUT2D eigenvalue weighted by Crippen LogP contribution is 2.20. The Hall–Kier alpha value is -1.52. The third-order valence-corrected chi connectivity index (χ3v) is 2.90. The van der Waals surface area contributed by atoms with E-state index in [1.807, 2.05) is 26.8 Å². The first-order chi connectivity index (χ1) is 9.31. The quantitative estimate of drug-likeness (QED) is 0.590. The predicted molar refractivity (Wildman–Crippen MR) is 76.3 cm³/mol. The Morgan fingerprint density at radius 3 is 2.65 bits per heavy atom. The molecule has 0 bridgehead atoms. The first kappa shape index (κ1) is 16.5. The fraction of sp³-hybridized carbons (Fsp3) is 0.733. The second kappa shape index (κ2) is 7.31. The van der Waals surface area contributed by atoms with Crippen LogP contribution in [0.25, 0.3) is 0 Å². The van der Waals surface area contributed by atoms with Crippen LogP contribution in [0.3, 0.4) is 0 Å². The van der Waals surface area contributed by atoms with Crippen molar-refractivity contribution < 1.29 is 19.1 Å². The van der Waals surface area contributed by atoms with Gasteiger partial charge in [0, 0.05) is 19.2 Å². The van der Waals surface area contributed by atoms with Crippen molar-refractivity contribution in [1.82, 2.24) is 4.90 Å². The van der Waals surface area contributed by atoms with Gasteiger partial charge in [-0.2, -0.15) is 0 Å². The van der Waals surface area contributed by atoms with Crippen LogP contribution in [0.2, 0.25) is 0 Å². The van der Waals surface area contributed by atoms with Crippen LogP contribution >= 0.6 is 0 Å². The van der Waals surface area contributed by atoms with Crippen molar-refractivity contribution >= 4 is 12.1 Å². The number of hydrogen-bond acceptors (Lipinski definition) is 4. The topological polar surface area (TPSA) is 55.8 Å². The summed E-state index contributed by atoms with van der Waals surface area (Å²) in [7, 11) is 0. The first-order valence-corrected chi connectivity index (χ1v) is 7.14. The molecule has 1 atom stereocenters. The highest BCUT2D eigenvalue weighted by Gasteiger charge is 2.26. The van der Waals surface area contributed by atoms with E-state index < -0.39 is 5.60 Å². The van der Waals surface area contributed by atoms with E-state index in [4.69, 9.17) is 9.47 Å². The summed E-state index contributed by atoms with van der Waals surface area (Å²) in [5.41, 5.74) is -0.481. The molecule has 114 valence electrons. The average Bonchev–Trinajstić information content (AvgIpc) is 2.35. The Labute approximate surface area is 120 Å². The Bertz CT molecular complexity index is 371. The van der Waals surface area contributed by atoms with Crippen LogP contribution < -0.4 is 0 Å². The van der Waals surface area contributed by atoms with E-state index in [0.717, 1.165) is 12.8 Å². The van der Waals surface area contributed by atoms with Crippen molar-refractivity contribution in [2.24, 2.45) is 5.92 Å². The third-order valence-electron chi connectivity index (χ3n) is 2.90. The normalized spacial score (nSPS) is 20.0. The molecule has 1 aliphatic rings. The number of ether oxygens (including phenoxy) is 2. The minimum Gasteiger partial charge on any atom is -0.463 e. The number of rotatable bonds is 3. The number of carbonyl (C=O) groups excluding carboxylic acids is 2. The Morgan fingerprint density at radius 1 is 1.35 bits per heavy atom. The van der Waals surface area contributed by atoms with Gasteiger partial charge in [-0.1, -0.05) is 6.08 Å². The molecular formula is C15H25NO4. The van der Waals surface area contributed by atoms with Crippen molar-refractivity contribution in [3.8, 4) is 0 Å². The number of piperidine rings is 1. The molecule has 1 fully saturated rings. The summed E-state index contributed by atoms with van der Waals surface area (Å²) < 4.78 is 10.2. The lowest BCUT2D eigenvalue weighted by molar-refractivity contribution is -0.137. The van der Waals surface area contributed by atoms with Gasteiger partial charge < -0.3 is 14.4 Å². The zero-order valence-electron chi connectivity index (χ0n) is 12.8. The molecule has 0 N–H and O–H groups in total. The summed E-state index contributed by atoms with van der Waals surface area (Å²) in [6.45, 7) is 9.00. The van der Waals surface area contributed by atoms with E-state index in [1.54, 1.807) is 11.8 Å². The maximum atomic E-state index is 12.0. The molecule has 1 saturated heterocycles. The third kappa shape index (κ3) is 6.08. The fourth-order valence-electron chi connectivity index (χ4n) is 2.06. The minimum atomic E-state index is -0.481. The molecule has 1 rings (SSSR count). The van der Waals surface area contributed by atoms with E-state index in [-0.39, 0.29) is 18.0 Å². The lowest BCUT2D eigenvalue weighted by Crippen LogP contribution is -2.42. The van der Waals surface area contributed by atoms with Crippen LogP contribution in [0.4, 0.5) is 4.79 Å². The van der Waals surface area contributed by atoms with Gasteiger partial charge in [0.25, 0.3) is 0 Å². The zero-order chi connectivity index (χ0) is 15.2. The van der Waals surface area contributed by atoms with Crippen molar-refractivity contribution in [3.63, 3.8) is 0 Å². The number of nitrogens with zero attached hydrogens (tertiary/aromatic N) is 1. The number of carbonyl (C=O) groups is 2. The summed E-state index contributed by atoms with van der Waals surface area (Å²) in [4.78, 5) is 25.0. The van der Waals surface area contributed by atoms with Crippen molar-refractivity contribution in [2.75, 3.05) is 19.7 Å². The van der Waals surface area contributed by atoms with Crippen LogP contribution in [0, 0.1) is 5.92 Å². The molecule has 0 aromatic rings. The van der Waals surface area contributed by atoms with Gasteiger partial charge in [-0.3, -0.25) is 0 Å². The SMILES string of the molecule is CCOC(=O)/C=C/[C@H]1CCCN(C(=O)OC(C)(C)C)C1. The average molecular weight is 283 g/mol. The largest absolute Gasteiger partial charge is 0.463 e. The van der Waals surface area contributed by atoms with Crippen LogP contribution in [-0.2, 0) is 14.3 Å². The summed E-state index contributed by atoms with van der Waals surface area (Å²) in [6.07, 6.45) is 4.87. The van der Waals surface area contributed by atoms with Gasteiger partial charge in [-0.05, 0) is 46.5 Å². The Morgan fingerprint density at radius 2 is 2.05 bits per heavy atom. The monoisotopic (exact) mass is 283 g/mol. The lowest BCUT2D eigenvalue weighted by Gasteiger charge is -2.33. The highest BCUT2D eigenvalue weighted by atomic mass is 16.6. The second-order valence-electron chi connectivity index (χ2n) is 5.94. The molecule has 0 aliphatic carbocycles. The van der Waals surface area contributed by atoms with Gasteiger partial charge in [0.15, 0.2) is 0 Å². The number of amides is 1. The van der Waals surface area contributed by atoms with E-state index in [0.29, 0.717) is 19.7 Å². The fourth-order valence-corrected chi connectivity index (χ4v) is 2.06. The van der Waals surface area contributed by atoms with Gasteiger partial charge in [0.05, 0.1) is 6.61 Å². The molecule has 0 unspecified atom stereocenters. The standard InChI is InChI=1S/C15H25NO4/c1-5-19-13(17)9-8-12-7-6-10-16(11-12)14(18)20-15(2,3)4/h8-9,12H,5-7,10-11H2,1-4H3/b9-8+/t12-/m1/s1. The van der Waals surface area contributed by atoms with Gasteiger partial charge >= 0.3 is 12.1 Å². The summed E-state index contributed by atoms with van der Waals surface area (Å²) in [5, 5.41) is 0. The predicted octanol–water partition coefficient (Wildman–Crippen LogP) is 2.75. The molecule has 5 heteroatoms. The van der Waals surface area contributed by atoms with Crippen molar-refractivity contribution in [1.29, 1.82) is 0 Å². The number of hydrogen-bond donors (Lipinski definition) is 0. The summed E-state index contributed by atoms with van der Waals surface area (Å²) >= 11 is 0. The molecule has 0 aromatic heterocycles. The molecule has 0 radical (unpaired) electrons. The van der Waals surface area contributed by atoms with Crippen LogP contribution in [-0.4, -0.2) is 42.3 Å². The molecule has 0 saturated carbocycles. The molecule has 1 aliphatic heterocycles. The molecule has 0 spiro atoms. The first-order valence-electron chi connectivity index (χ1n) is 7.14. The van der Waals surface area contributed by atoms with E-state index in [2.05, 4.69) is 0 Å². The summed E-state index contributed by atoms with van der Waals surface area (Å²) in [5.74, 6) is -0.150. The van der Waals surface area contributed by atoms with Gasteiger partial charge in [0.2, 0.25) is 0 Å². The Kier molecular flexibility index (Phi) is 6.05. The minimum absolute atomic E-state index is 0.181. The van der Waals surface area contributed by atoms with Gasteiger partial charge in [-0.25, -0.2) is 9.59 Å². The number of likely N-dealkylation sites (tertiary alicyclic amines) is 1. The molecule has 20 heavy (non-hydrogen) atoms. The van der Waals surface area contributed by atoms with Gasteiger partial charge in [0.1, 0.15) is 5.60 Å².